The molecule has 0 aliphatic rings. The number of nitrogens with one attached hydrogen (secondary N) is 2. The Morgan fingerprint density at radius 2 is 1.52 bits per heavy atom. The second-order valence-corrected chi connectivity index (χ2v) is 4.08. The first kappa shape index (κ1) is 16.7. The van der Waals surface area contributed by atoms with Crippen molar-refractivity contribution in [2.24, 2.45) is 10.1 Å². The van der Waals surface area contributed by atoms with Gasteiger partial charge in [0, 0.05) is 0 Å². The Hall–Kier alpha value is -2.37. The highest BCUT2D eigenvalue weighted by atomic mass is 35.5. The van der Waals surface area contributed by atoms with Gasteiger partial charge in [-0.05, 0) is 31.2 Å². The number of halogens is 1. The molecule has 0 unspecified atom stereocenters. The summed E-state index contributed by atoms with van der Waals surface area (Å²) in [6.07, 6.45) is 0. The van der Waals surface area contributed by atoms with Gasteiger partial charge in [-0.25, -0.2) is 4.99 Å². The van der Waals surface area contributed by atoms with Crippen LogP contribution in [0.1, 0.15) is 6.92 Å². The Bertz CT molecular complexity index is 600. The zero-order valence-corrected chi connectivity index (χ0v) is 12.3. The normalized spacial score (nSPS) is 11.5. The lowest BCUT2D eigenvalue weighted by Gasteiger charge is -2.05. The Morgan fingerprint density at radius 1 is 0.952 bits per heavy atom. The van der Waals surface area contributed by atoms with Crippen LogP contribution in [0.2, 0.25) is 0 Å². The first-order chi connectivity index (χ1) is 9.79. The predicted octanol–water partition coefficient (Wildman–Crippen LogP) is 3.61. The third-order valence-electron chi connectivity index (χ3n) is 2.57. The van der Waals surface area contributed by atoms with E-state index in [9.17, 15) is 0 Å². The van der Waals surface area contributed by atoms with Gasteiger partial charge in [0.05, 0.1) is 11.4 Å². The highest BCUT2D eigenvalue weighted by molar-refractivity contribution is 6.40. The molecule has 0 fully saturated rings. The van der Waals surface area contributed by atoms with Crippen LogP contribution < -0.4 is 10.9 Å². The Kier molecular flexibility index (Phi) is 6.94. The topological polar surface area (TPSA) is 69.0 Å². The minimum atomic E-state index is 0. The largest absolute Gasteiger partial charge is 0.290 e. The summed E-state index contributed by atoms with van der Waals surface area (Å²) >= 11 is 0. The van der Waals surface area contributed by atoms with Crippen LogP contribution in [0, 0.1) is 0 Å². The van der Waals surface area contributed by atoms with Gasteiger partial charge in [-0.1, -0.05) is 36.4 Å². The Balaban J connectivity index is 0.00000220. The van der Waals surface area contributed by atoms with E-state index in [0.717, 1.165) is 11.4 Å². The molecule has 110 valence electrons. The maximum Gasteiger partial charge on any atom is 0.173 e. The molecule has 21 heavy (non-hydrogen) atoms. The summed E-state index contributed by atoms with van der Waals surface area (Å²) in [7, 11) is 0. The van der Waals surface area contributed by atoms with E-state index in [1.165, 1.54) is 0 Å². The van der Waals surface area contributed by atoms with Crippen molar-refractivity contribution >= 4 is 35.3 Å². The molecule has 0 spiro atoms. The number of rotatable bonds is 4. The molecule has 0 bridgehead atoms. The molecular weight excluding hydrogens is 288 g/mol. The van der Waals surface area contributed by atoms with Gasteiger partial charge in [-0.15, -0.1) is 12.4 Å². The Labute approximate surface area is 129 Å². The molecule has 0 aliphatic heterocycles. The number of nitrogens with zero attached hydrogens (tertiary/aromatic N) is 2. The van der Waals surface area contributed by atoms with E-state index < -0.39 is 0 Å². The van der Waals surface area contributed by atoms with Crippen LogP contribution in [0.3, 0.4) is 0 Å². The maximum absolute atomic E-state index is 9.17. The van der Waals surface area contributed by atoms with Crippen molar-refractivity contribution in [3.63, 3.8) is 0 Å². The molecule has 2 rings (SSSR count). The average molecular weight is 305 g/mol. The standard InChI is InChI=1S/C15H16N4O.ClH/c1-12(17-18-14-10-6-3-7-11-14)15(19-20)16-13-8-4-2-5-9-13;/h2-11,18,20H,1H3,(H,16,19);1H/b17-12-;. The summed E-state index contributed by atoms with van der Waals surface area (Å²) < 4.78 is 0. The van der Waals surface area contributed by atoms with Gasteiger partial charge in [-0.2, -0.15) is 5.10 Å². The van der Waals surface area contributed by atoms with E-state index in [2.05, 4.69) is 21.0 Å². The summed E-state index contributed by atoms with van der Waals surface area (Å²) in [4.78, 5) is 4.27. The maximum atomic E-state index is 9.17. The fourth-order valence-electron chi connectivity index (χ4n) is 1.53. The predicted molar refractivity (Wildman–Crippen MR) is 88.9 cm³/mol. The molecule has 0 amide bonds. The highest BCUT2D eigenvalue weighted by Crippen LogP contribution is 2.10. The van der Waals surface area contributed by atoms with E-state index in [1.807, 2.05) is 60.7 Å². The molecule has 5 nitrogen and oxygen atoms in total. The van der Waals surface area contributed by atoms with E-state index in [1.54, 1.807) is 6.92 Å². The molecule has 0 aromatic heterocycles. The van der Waals surface area contributed by atoms with Gasteiger partial charge in [-0.3, -0.25) is 16.1 Å². The summed E-state index contributed by atoms with van der Waals surface area (Å²) in [5.41, 5.74) is 7.11. The van der Waals surface area contributed by atoms with Crippen LogP contribution in [-0.2, 0) is 0 Å². The second kappa shape index (κ2) is 8.73. The van der Waals surface area contributed by atoms with Crippen molar-refractivity contribution in [2.75, 3.05) is 5.43 Å². The lowest BCUT2D eigenvalue weighted by molar-refractivity contribution is 0.236. The van der Waals surface area contributed by atoms with Gasteiger partial charge in [0.15, 0.2) is 5.84 Å². The molecule has 6 heteroatoms. The number of hydrogen-bond acceptors (Lipinski definition) is 4. The number of hydrazone groups is 1. The molecule has 0 atom stereocenters. The number of anilines is 1. The smallest absolute Gasteiger partial charge is 0.173 e. The minimum Gasteiger partial charge on any atom is -0.290 e. The van der Waals surface area contributed by atoms with E-state index in [0.29, 0.717) is 11.5 Å². The van der Waals surface area contributed by atoms with Gasteiger partial charge < -0.3 is 0 Å². The van der Waals surface area contributed by atoms with Crippen LogP contribution in [0.25, 0.3) is 0 Å². The number of para-hydroxylation sites is 2. The molecule has 2 aromatic rings. The number of benzene rings is 2. The fourth-order valence-corrected chi connectivity index (χ4v) is 1.53. The zero-order chi connectivity index (χ0) is 14.2. The molecule has 0 heterocycles. The molecular formula is C15H17ClN4O. The van der Waals surface area contributed by atoms with E-state index in [-0.39, 0.29) is 12.4 Å². The second-order valence-electron chi connectivity index (χ2n) is 4.08. The molecule has 0 aliphatic carbocycles. The zero-order valence-electron chi connectivity index (χ0n) is 11.5. The van der Waals surface area contributed by atoms with Crippen LogP contribution in [0.15, 0.2) is 70.8 Å². The summed E-state index contributed by atoms with van der Waals surface area (Å²) in [5, 5.41) is 13.3. The molecule has 0 saturated heterocycles. The van der Waals surface area contributed by atoms with Crippen LogP contribution in [0.5, 0.6) is 0 Å². The van der Waals surface area contributed by atoms with Gasteiger partial charge in [0.25, 0.3) is 0 Å². The highest BCUT2D eigenvalue weighted by Gasteiger charge is 2.02. The summed E-state index contributed by atoms with van der Waals surface area (Å²) in [5.74, 6) is 0.291. The summed E-state index contributed by atoms with van der Waals surface area (Å²) in [6.45, 7) is 1.75. The van der Waals surface area contributed by atoms with E-state index >= 15 is 0 Å². The first-order valence-corrected chi connectivity index (χ1v) is 6.19. The number of aliphatic imine (C=N–C) groups is 1. The van der Waals surface area contributed by atoms with Gasteiger partial charge in [0.2, 0.25) is 0 Å². The third kappa shape index (κ3) is 5.25. The van der Waals surface area contributed by atoms with Gasteiger partial charge in [0.1, 0.15) is 5.71 Å². The molecule has 3 N–H and O–H groups in total. The number of hydrogen-bond donors (Lipinski definition) is 3. The van der Waals surface area contributed by atoms with Gasteiger partial charge >= 0.3 is 0 Å². The Morgan fingerprint density at radius 3 is 2.10 bits per heavy atom. The number of hydroxylamine groups is 1. The van der Waals surface area contributed by atoms with Crippen molar-refractivity contribution in [2.45, 2.75) is 6.92 Å². The quantitative estimate of drug-likeness (QED) is 0.459. The fraction of sp³-hybridized carbons (Fsp3) is 0.0667. The molecule has 0 saturated carbocycles. The van der Waals surface area contributed by atoms with Crippen molar-refractivity contribution in [3.05, 3.63) is 60.7 Å². The average Bonchev–Trinajstić information content (AvgIpc) is 2.52. The molecule has 0 radical (unpaired) electrons. The van der Waals surface area contributed by atoms with E-state index in [4.69, 9.17) is 5.21 Å². The van der Waals surface area contributed by atoms with Crippen LogP contribution in [-0.4, -0.2) is 16.8 Å². The monoisotopic (exact) mass is 304 g/mol. The van der Waals surface area contributed by atoms with Crippen molar-refractivity contribution < 1.29 is 5.21 Å². The van der Waals surface area contributed by atoms with Crippen molar-refractivity contribution in [1.29, 1.82) is 0 Å². The minimum absolute atomic E-state index is 0. The first-order valence-electron chi connectivity index (χ1n) is 6.19. The van der Waals surface area contributed by atoms with Crippen molar-refractivity contribution in [1.82, 2.24) is 5.48 Å². The lowest BCUT2D eigenvalue weighted by Crippen LogP contribution is -2.27. The lowest BCUT2D eigenvalue weighted by atomic mass is 10.3. The number of amidine groups is 1. The molecule has 2 aromatic carbocycles. The SMILES string of the molecule is C/C(=N/Nc1ccccc1)C(=Nc1ccccc1)NO.Cl. The van der Waals surface area contributed by atoms with Crippen LogP contribution in [0.4, 0.5) is 11.4 Å². The third-order valence-corrected chi connectivity index (χ3v) is 2.57. The summed E-state index contributed by atoms with van der Waals surface area (Å²) in [6, 6.07) is 18.9. The van der Waals surface area contributed by atoms with Crippen molar-refractivity contribution in [3.8, 4) is 0 Å². The van der Waals surface area contributed by atoms with Crippen LogP contribution >= 0.6 is 12.4 Å².